The fourth-order valence-electron chi connectivity index (χ4n) is 2.29. The SMILES string of the molecule is CCCCOc1ccc(CNOC2CCCC2)cc1. The molecular weight excluding hydrogens is 238 g/mol. The zero-order valence-corrected chi connectivity index (χ0v) is 11.9. The molecule has 0 saturated heterocycles. The third-order valence-corrected chi connectivity index (χ3v) is 3.52. The molecule has 0 radical (unpaired) electrons. The molecule has 1 fully saturated rings. The van der Waals surface area contributed by atoms with Crippen LogP contribution in [-0.4, -0.2) is 12.7 Å². The fraction of sp³-hybridized carbons (Fsp3) is 0.625. The molecule has 0 heterocycles. The summed E-state index contributed by atoms with van der Waals surface area (Å²) in [5, 5.41) is 0. The summed E-state index contributed by atoms with van der Waals surface area (Å²) >= 11 is 0. The Morgan fingerprint density at radius 3 is 2.58 bits per heavy atom. The summed E-state index contributed by atoms with van der Waals surface area (Å²) in [6.07, 6.45) is 7.68. The molecule has 0 amide bonds. The Hall–Kier alpha value is -1.06. The van der Waals surface area contributed by atoms with E-state index in [-0.39, 0.29) is 0 Å². The average Bonchev–Trinajstić information content (AvgIpc) is 2.94. The lowest BCUT2D eigenvalue weighted by atomic mass is 10.2. The zero-order valence-electron chi connectivity index (χ0n) is 11.9. The Balaban J connectivity index is 1.66. The Kier molecular flexibility index (Phi) is 6.18. The standard InChI is InChI=1S/C16H25NO2/c1-2-3-12-18-15-10-8-14(9-11-15)13-17-19-16-6-4-5-7-16/h8-11,16-17H,2-7,12-13H2,1H3. The Morgan fingerprint density at radius 1 is 1.16 bits per heavy atom. The molecule has 0 spiro atoms. The molecule has 1 saturated carbocycles. The van der Waals surface area contributed by atoms with E-state index in [1.54, 1.807) is 0 Å². The second-order valence-electron chi connectivity index (χ2n) is 5.19. The van der Waals surface area contributed by atoms with Gasteiger partial charge < -0.3 is 4.74 Å². The molecule has 0 unspecified atom stereocenters. The molecule has 3 nitrogen and oxygen atoms in total. The molecule has 1 aromatic rings. The van der Waals surface area contributed by atoms with E-state index in [0.29, 0.717) is 6.10 Å². The van der Waals surface area contributed by atoms with Crippen molar-refractivity contribution >= 4 is 0 Å². The lowest BCUT2D eigenvalue weighted by Crippen LogP contribution is -2.21. The van der Waals surface area contributed by atoms with Crippen LogP contribution in [0.15, 0.2) is 24.3 Å². The van der Waals surface area contributed by atoms with Gasteiger partial charge in [0.1, 0.15) is 5.75 Å². The number of hydrogen-bond donors (Lipinski definition) is 1. The van der Waals surface area contributed by atoms with Gasteiger partial charge in [0.25, 0.3) is 0 Å². The highest BCUT2D eigenvalue weighted by Gasteiger charge is 2.15. The summed E-state index contributed by atoms with van der Waals surface area (Å²) in [6.45, 7) is 3.73. The topological polar surface area (TPSA) is 30.5 Å². The van der Waals surface area contributed by atoms with Crippen LogP contribution >= 0.6 is 0 Å². The maximum absolute atomic E-state index is 5.64. The van der Waals surface area contributed by atoms with Crippen molar-refractivity contribution < 1.29 is 9.57 Å². The van der Waals surface area contributed by atoms with Crippen molar-refractivity contribution in [3.63, 3.8) is 0 Å². The molecule has 19 heavy (non-hydrogen) atoms. The van der Waals surface area contributed by atoms with Crippen molar-refractivity contribution in [2.45, 2.75) is 58.1 Å². The first kappa shape index (κ1) is 14.4. The van der Waals surface area contributed by atoms with Gasteiger partial charge in [0, 0.05) is 6.54 Å². The number of hydroxylamine groups is 1. The van der Waals surface area contributed by atoms with Crippen LogP contribution in [0.25, 0.3) is 0 Å². The summed E-state index contributed by atoms with van der Waals surface area (Å²) in [6, 6.07) is 8.24. The van der Waals surface area contributed by atoms with Gasteiger partial charge in [0.05, 0.1) is 12.7 Å². The van der Waals surface area contributed by atoms with Crippen molar-refractivity contribution in [3.05, 3.63) is 29.8 Å². The minimum absolute atomic E-state index is 0.414. The molecule has 106 valence electrons. The van der Waals surface area contributed by atoms with Crippen molar-refractivity contribution in [2.24, 2.45) is 0 Å². The normalized spacial score (nSPS) is 15.8. The number of unbranched alkanes of at least 4 members (excludes halogenated alkanes) is 1. The van der Waals surface area contributed by atoms with Gasteiger partial charge in [-0.2, -0.15) is 5.48 Å². The summed E-state index contributed by atoms with van der Waals surface area (Å²) in [5.41, 5.74) is 4.30. The van der Waals surface area contributed by atoms with E-state index < -0.39 is 0 Å². The number of benzene rings is 1. The highest BCUT2D eigenvalue weighted by Crippen LogP contribution is 2.20. The van der Waals surface area contributed by atoms with Crippen molar-refractivity contribution in [2.75, 3.05) is 6.61 Å². The molecule has 1 aliphatic carbocycles. The molecule has 0 bridgehead atoms. The van der Waals surface area contributed by atoms with Gasteiger partial charge >= 0.3 is 0 Å². The Bertz CT molecular complexity index is 344. The lowest BCUT2D eigenvalue weighted by molar-refractivity contribution is -0.0244. The molecule has 1 aliphatic rings. The molecule has 0 aliphatic heterocycles. The highest BCUT2D eigenvalue weighted by molar-refractivity contribution is 5.27. The smallest absolute Gasteiger partial charge is 0.119 e. The van der Waals surface area contributed by atoms with Crippen molar-refractivity contribution in [3.8, 4) is 5.75 Å². The van der Waals surface area contributed by atoms with Gasteiger partial charge in [-0.15, -0.1) is 0 Å². The van der Waals surface area contributed by atoms with Gasteiger partial charge in [-0.05, 0) is 37.0 Å². The monoisotopic (exact) mass is 263 g/mol. The quantitative estimate of drug-likeness (QED) is 0.571. The summed E-state index contributed by atoms with van der Waals surface area (Å²) in [4.78, 5) is 5.64. The van der Waals surface area contributed by atoms with Crippen LogP contribution in [0, 0.1) is 0 Å². The first-order valence-corrected chi connectivity index (χ1v) is 7.48. The van der Waals surface area contributed by atoms with Crippen LogP contribution in [0.4, 0.5) is 0 Å². The second-order valence-corrected chi connectivity index (χ2v) is 5.19. The molecule has 0 atom stereocenters. The summed E-state index contributed by atoms with van der Waals surface area (Å²) < 4.78 is 5.64. The highest BCUT2D eigenvalue weighted by atomic mass is 16.7. The van der Waals surface area contributed by atoms with Crippen LogP contribution in [0.5, 0.6) is 5.75 Å². The van der Waals surface area contributed by atoms with Gasteiger partial charge in [-0.3, -0.25) is 4.84 Å². The third-order valence-electron chi connectivity index (χ3n) is 3.52. The van der Waals surface area contributed by atoms with Gasteiger partial charge in [-0.1, -0.05) is 38.3 Å². The molecule has 3 heteroatoms. The van der Waals surface area contributed by atoms with Crippen LogP contribution in [0.1, 0.15) is 51.0 Å². The first-order valence-electron chi connectivity index (χ1n) is 7.48. The number of rotatable bonds is 8. The third kappa shape index (κ3) is 5.21. The van der Waals surface area contributed by atoms with Crippen LogP contribution < -0.4 is 10.2 Å². The predicted molar refractivity (Wildman–Crippen MR) is 77.0 cm³/mol. The zero-order chi connectivity index (χ0) is 13.3. The maximum atomic E-state index is 5.64. The Labute approximate surface area is 116 Å². The van der Waals surface area contributed by atoms with Crippen LogP contribution in [0.3, 0.4) is 0 Å². The first-order chi connectivity index (χ1) is 9.38. The van der Waals surface area contributed by atoms with Crippen LogP contribution in [-0.2, 0) is 11.4 Å². The molecular formula is C16H25NO2. The minimum atomic E-state index is 0.414. The lowest BCUT2D eigenvalue weighted by Gasteiger charge is -2.12. The summed E-state index contributed by atoms with van der Waals surface area (Å²) in [7, 11) is 0. The molecule has 1 N–H and O–H groups in total. The number of hydrogen-bond acceptors (Lipinski definition) is 3. The molecule has 0 aromatic heterocycles. The van der Waals surface area contributed by atoms with E-state index in [1.807, 2.05) is 12.1 Å². The predicted octanol–water partition coefficient (Wildman–Crippen LogP) is 3.83. The van der Waals surface area contributed by atoms with Gasteiger partial charge in [-0.25, -0.2) is 0 Å². The fourth-order valence-corrected chi connectivity index (χ4v) is 2.29. The van der Waals surface area contributed by atoms with E-state index in [1.165, 1.54) is 37.7 Å². The van der Waals surface area contributed by atoms with E-state index in [4.69, 9.17) is 9.57 Å². The van der Waals surface area contributed by atoms with Gasteiger partial charge in [0.2, 0.25) is 0 Å². The largest absolute Gasteiger partial charge is 0.494 e. The van der Waals surface area contributed by atoms with E-state index in [0.717, 1.165) is 25.3 Å². The van der Waals surface area contributed by atoms with Crippen LogP contribution in [0.2, 0.25) is 0 Å². The van der Waals surface area contributed by atoms with E-state index in [2.05, 4.69) is 24.5 Å². The Morgan fingerprint density at radius 2 is 1.89 bits per heavy atom. The minimum Gasteiger partial charge on any atom is -0.494 e. The molecule has 1 aromatic carbocycles. The summed E-state index contributed by atoms with van der Waals surface area (Å²) in [5.74, 6) is 0.953. The van der Waals surface area contributed by atoms with E-state index in [9.17, 15) is 0 Å². The second kappa shape index (κ2) is 8.18. The van der Waals surface area contributed by atoms with Crippen molar-refractivity contribution in [1.82, 2.24) is 5.48 Å². The van der Waals surface area contributed by atoms with Gasteiger partial charge in [0.15, 0.2) is 0 Å². The number of ether oxygens (including phenoxy) is 1. The van der Waals surface area contributed by atoms with Crippen molar-refractivity contribution in [1.29, 1.82) is 0 Å². The average molecular weight is 263 g/mol. The van der Waals surface area contributed by atoms with E-state index >= 15 is 0 Å². The maximum Gasteiger partial charge on any atom is 0.119 e. The number of nitrogens with one attached hydrogen (secondary N) is 1. The molecule has 2 rings (SSSR count).